The fourth-order valence-corrected chi connectivity index (χ4v) is 2.65. The Labute approximate surface area is 122 Å². The number of hydrogen-bond acceptors (Lipinski definition) is 3. The maximum Gasteiger partial charge on any atom is 0.268 e. The summed E-state index contributed by atoms with van der Waals surface area (Å²) < 4.78 is 5.14. The molecule has 0 aliphatic carbocycles. The lowest BCUT2D eigenvalue weighted by Gasteiger charge is -2.12. The highest BCUT2D eigenvalue weighted by Gasteiger charge is 2.19. The lowest BCUT2D eigenvalue weighted by atomic mass is 10.1. The third-order valence-corrected chi connectivity index (χ3v) is 3.64. The molecule has 0 bridgehead atoms. The number of hydrogen-bond donors (Lipinski definition) is 2. The summed E-state index contributed by atoms with van der Waals surface area (Å²) in [6.07, 6.45) is 0. The van der Waals surface area contributed by atoms with Gasteiger partial charge in [-0.3, -0.25) is 4.79 Å². The van der Waals surface area contributed by atoms with Crippen molar-refractivity contribution in [3.8, 4) is 0 Å². The number of H-pyrrole nitrogens is 1. The van der Waals surface area contributed by atoms with Crippen molar-refractivity contribution in [2.45, 2.75) is 26.8 Å². The van der Waals surface area contributed by atoms with E-state index in [2.05, 4.69) is 15.5 Å². The van der Waals surface area contributed by atoms with Crippen molar-refractivity contribution in [3.05, 3.63) is 53.0 Å². The van der Waals surface area contributed by atoms with Gasteiger partial charge in [0.05, 0.1) is 11.7 Å². The van der Waals surface area contributed by atoms with Crippen LogP contribution in [0.3, 0.4) is 0 Å². The summed E-state index contributed by atoms with van der Waals surface area (Å²) in [4.78, 5) is 15.5. The molecule has 0 saturated carbocycles. The van der Waals surface area contributed by atoms with E-state index in [1.807, 2.05) is 51.1 Å². The van der Waals surface area contributed by atoms with Crippen LogP contribution in [0.1, 0.15) is 40.5 Å². The Bertz CT molecular complexity index is 748. The largest absolute Gasteiger partial charge is 0.361 e. The highest BCUT2D eigenvalue weighted by atomic mass is 16.5. The van der Waals surface area contributed by atoms with Crippen LogP contribution in [-0.4, -0.2) is 16.0 Å². The summed E-state index contributed by atoms with van der Waals surface area (Å²) in [5, 5.41) is 7.91. The maximum absolute atomic E-state index is 12.3. The Hall–Kier alpha value is -2.56. The van der Waals surface area contributed by atoms with Crippen LogP contribution in [-0.2, 0) is 0 Å². The molecule has 0 aliphatic rings. The molecule has 1 unspecified atom stereocenters. The number of amides is 1. The summed E-state index contributed by atoms with van der Waals surface area (Å²) >= 11 is 0. The number of aromatic amines is 1. The standard InChI is InChI=1S/C16H17N3O2/c1-9(15-10(2)19-21-11(15)3)17-16(20)14-8-12-6-4-5-7-13(12)18-14/h4-9,18H,1-3H3,(H,17,20). The van der Waals surface area contributed by atoms with Gasteiger partial charge in [-0.1, -0.05) is 23.4 Å². The molecule has 5 heteroatoms. The highest BCUT2D eigenvalue weighted by Crippen LogP contribution is 2.22. The maximum atomic E-state index is 12.3. The number of para-hydroxylation sites is 1. The number of nitrogens with one attached hydrogen (secondary N) is 2. The first-order valence-corrected chi connectivity index (χ1v) is 6.87. The van der Waals surface area contributed by atoms with E-state index >= 15 is 0 Å². The van der Waals surface area contributed by atoms with E-state index in [0.717, 1.165) is 27.9 Å². The van der Waals surface area contributed by atoms with Crippen molar-refractivity contribution in [2.24, 2.45) is 0 Å². The number of aromatic nitrogens is 2. The number of rotatable bonds is 3. The molecule has 108 valence electrons. The van der Waals surface area contributed by atoms with Gasteiger partial charge in [-0.05, 0) is 32.9 Å². The lowest BCUT2D eigenvalue weighted by molar-refractivity contribution is 0.0935. The molecule has 0 spiro atoms. The second kappa shape index (κ2) is 5.09. The second-order valence-electron chi connectivity index (χ2n) is 5.20. The van der Waals surface area contributed by atoms with E-state index in [1.165, 1.54) is 0 Å². The molecule has 2 aromatic heterocycles. The molecular weight excluding hydrogens is 266 g/mol. The zero-order chi connectivity index (χ0) is 15.0. The fraction of sp³-hybridized carbons (Fsp3) is 0.250. The molecule has 2 N–H and O–H groups in total. The van der Waals surface area contributed by atoms with Gasteiger partial charge in [-0.2, -0.15) is 0 Å². The Morgan fingerprint density at radius 3 is 2.76 bits per heavy atom. The zero-order valence-corrected chi connectivity index (χ0v) is 12.2. The zero-order valence-electron chi connectivity index (χ0n) is 12.2. The molecule has 0 radical (unpaired) electrons. The first-order chi connectivity index (χ1) is 10.1. The van der Waals surface area contributed by atoms with Crippen molar-refractivity contribution in [1.82, 2.24) is 15.5 Å². The Morgan fingerprint density at radius 1 is 1.33 bits per heavy atom. The van der Waals surface area contributed by atoms with E-state index in [1.54, 1.807) is 0 Å². The molecule has 21 heavy (non-hydrogen) atoms. The molecule has 3 rings (SSSR count). The Morgan fingerprint density at radius 2 is 2.10 bits per heavy atom. The van der Waals surface area contributed by atoms with Gasteiger partial charge in [0.25, 0.3) is 5.91 Å². The molecule has 1 aromatic carbocycles. The third kappa shape index (κ3) is 2.42. The van der Waals surface area contributed by atoms with E-state index in [4.69, 9.17) is 4.52 Å². The summed E-state index contributed by atoms with van der Waals surface area (Å²) in [7, 11) is 0. The predicted molar refractivity (Wildman–Crippen MR) is 80.2 cm³/mol. The summed E-state index contributed by atoms with van der Waals surface area (Å²) in [5.74, 6) is 0.593. The molecule has 0 aliphatic heterocycles. The normalized spacial score (nSPS) is 12.5. The molecule has 3 aromatic rings. The van der Waals surface area contributed by atoms with Crippen LogP contribution in [0.4, 0.5) is 0 Å². The summed E-state index contributed by atoms with van der Waals surface area (Å²) in [5.41, 5.74) is 3.24. The van der Waals surface area contributed by atoms with Crippen LogP contribution in [0, 0.1) is 13.8 Å². The van der Waals surface area contributed by atoms with Crippen LogP contribution in [0.25, 0.3) is 10.9 Å². The number of fused-ring (bicyclic) bond motifs is 1. The molecule has 1 atom stereocenters. The first-order valence-electron chi connectivity index (χ1n) is 6.87. The Balaban J connectivity index is 1.83. The summed E-state index contributed by atoms with van der Waals surface area (Å²) in [6, 6.07) is 9.50. The fourth-order valence-electron chi connectivity index (χ4n) is 2.65. The van der Waals surface area contributed by atoms with Crippen LogP contribution >= 0.6 is 0 Å². The van der Waals surface area contributed by atoms with Crippen molar-refractivity contribution in [1.29, 1.82) is 0 Å². The van der Waals surface area contributed by atoms with Crippen molar-refractivity contribution in [2.75, 3.05) is 0 Å². The number of benzene rings is 1. The molecule has 5 nitrogen and oxygen atoms in total. The minimum absolute atomic E-state index is 0.140. The SMILES string of the molecule is Cc1noc(C)c1C(C)NC(=O)c1cc2ccccc2[nH]1. The topological polar surface area (TPSA) is 70.9 Å². The van der Waals surface area contributed by atoms with E-state index < -0.39 is 0 Å². The average molecular weight is 283 g/mol. The van der Waals surface area contributed by atoms with Gasteiger partial charge in [0, 0.05) is 16.5 Å². The van der Waals surface area contributed by atoms with Gasteiger partial charge in [0.2, 0.25) is 0 Å². The van der Waals surface area contributed by atoms with Crippen LogP contribution in [0.15, 0.2) is 34.9 Å². The number of carbonyl (C=O) groups excluding carboxylic acids is 1. The average Bonchev–Trinajstić information content (AvgIpc) is 3.02. The molecule has 2 heterocycles. The third-order valence-electron chi connectivity index (χ3n) is 3.64. The van der Waals surface area contributed by atoms with Crippen molar-refractivity contribution in [3.63, 3.8) is 0 Å². The van der Waals surface area contributed by atoms with E-state index in [-0.39, 0.29) is 11.9 Å². The highest BCUT2D eigenvalue weighted by molar-refractivity contribution is 5.98. The van der Waals surface area contributed by atoms with E-state index in [9.17, 15) is 4.79 Å². The lowest BCUT2D eigenvalue weighted by Crippen LogP contribution is -2.27. The van der Waals surface area contributed by atoms with Gasteiger partial charge in [0.15, 0.2) is 0 Å². The van der Waals surface area contributed by atoms with Gasteiger partial charge >= 0.3 is 0 Å². The quantitative estimate of drug-likeness (QED) is 0.775. The smallest absolute Gasteiger partial charge is 0.268 e. The molecule has 0 fully saturated rings. The minimum Gasteiger partial charge on any atom is -0.361 e. The van der Waals surface area contributed by atoms with Crippen molar-refractivity contribution < 1.29 is 9.32 Å². The Kier molecular flexibility index (Phi) is 3.25. The van der Waals surface area contributed by atoms with Crippen LogP contribution in [0.5, 0.6) is 0 Å². The predicted octanol–water partition coefficient (Wildman–Crippen LogP) is 3.26. The molecule has 0 saturated heterocycles. The number of aryl methyl sites for hydroxylation is 2. The van der Waals surface area contributed by atoms with Gasteiger partial charge < -0.3 is 14.8 Å². The number of carbonyl (C=O) groups is 1. The van der Waals surface area contributed by atoms with Crippen LogP contribution < -0.4 is 5.32 Å². The first kappa shape index (κ1) is 13.4. The monoisotopic (exact) mass is 283 g/mol. The molecule has 1 amide bonds. The summed E-state index contributed by atoms with van der Waals surface area (Å²) in [6.45, 7) is 5.64. The minimum atomic E-state index is -0.157. The van der Waals surface area contributed by atoms with Gasteiger partial charge in [0.1, 0.15) is 11.5 Å². The van der Waals surface area contributed by atoms with E-state index in [0.29, 0.717) is 5.69 Å². The second-order valence-corrected chi connectivity index (χ2v) is 5.20. The van der Waals surface area contributed by atoms with Crippen molar-refractivity contribution >= 4 is 16.8 Å². The van der Waals surface area contributed by atoms with Crippen LogP contribution in [0.2, 0.25) is 0 Å². The van der Waals surface area contributed by atoms with Gasteiger partial charge in [-0.15, -0.1) is 0 Å². The number of nitrogens with zero attached hydrogens (tertiary/aromatic N) is 1. The molecular formula is C16H17N3O2. The van der Waals surface area contributed by atoms with Gasteiger partial charge in [-0.25, -0.2) is 0 Å².